The lowest BCUT2D eigenvalue weighted by Crippen LogP contribution is -2.55. The van der Waals surface area contributed by atoms with Crippen LogP contribution in [0.1, 0.15) is 52.4 Å². The number of hydrogen-bond donors (Lipinski definition) is 2. The molecule has 7 nitrogen and oxygen atoms in total. The van der Waals surface area contributed by atoms with Crippen molar-refractivity contribution in [2.75, 3.05) is 31.5 Å². The van der Waals surface area contributed by atoms with Crippen molar-refractivity contribution >= 4 is 35.1 Å². The van der Waals surface area contributed by atoms with Crippen molar-refractivity contribution < 1.29 is 14.4 Å². The molecule has 2 aliphatic heterocycles. The first kappa shape index (κ1) is 24.4. The van der Waals surface area contributed by atoms with Crippen LogP contribution >= 0.6 is 11.6 Å². The Balaban J connectivity index is 1.61. The number of likely N-dealkylation sites (tertiary alicyclic amines) is 2. The van der Waals surface area contributed by atoms with E-state index in [4.69, 9.17) is 11.6 Å². The van der Waals surface area contributed by atoms with Gasteiger partial charge in [0.1, 0.15) is 6.04 Å². The third-order valence-electron chi connectivity index (χ3n) is 6.22. The number of benzene rings is 1. The molecule has 2 fully saturated rings. The molecule has 0 spiro atoms. The normalized spacial score (nSPS) is 18.4. The summed E-state index contributed by atoms with van der Waals surface area (Å²) < 4.78 is 0. The molecule has 8 heteroatoms. The average Bonchev–Trinajstić information content (AvgIpc) is 2.77. The van der Waals surface area contributed by atoms with Gasteiger partial charge in [-0.3, -0.25) is 9.59 Å². The van der Waals surface area contributed by atoms with Crippen LogP contribution in [0.4, 0.5) is 10.5 Å². The van der Waals surface area contributed by atoms with Crippen LogP contribution in [0.5, 0.6) is 0 Å². The summed E-state index contributed by atoms with van der Waals surface area (Å²) in [6, 6.07) is 6.38. The number of piperidine rings is 2. The second-order valence-electron chi connectivity index (χ2n) is 9.29. The predicted octanol–water partition coefficient (Wildman–Crippen LogP) is 4.13. The van der Waals surface area contributed by atoms with Gasteiger partial charge in [-0.25, -0.2) is 4.79 Å². The van der Waals surface area contributed by atoms with Gasteiger partial charge in [0.05, 0.1) is 0 Å². The number of urea groups is 1. The van der Waals surface area contributed by atoms with Gasteiger partial charge in [-0.2, -0.15) is 0 Å². The fraction of sp³-hybridized carbons (Fsp3) is 0.625. The molecule has 1 atom stereocenters. The number of nitrogens with zero attached hydrogens (tertiary/aromatic N) is 2. The highest BCUT2D eigenvalue weighted by molar-refractivity contribution is 6.30. The quantitative estimate of drug-likeness (QED) is 0.666. The number of nitrogens with one attached hydrogen (secondary N) is 2. The Bertz CT molecular complexity index is 802. The molecule has 3 rings (SSSR count). The van der Waals surface area contributed by atoms with Crippen LogP contribution in [0, 0.1) is 11.8 Å². The molecule has 0 bridgehead atoms. The van der Waals surface area contributed by atoms with Crippen LogP contribution in [0.15, 0.2) is 24.3 Å². The second kappa shape index (κ2) is 11.5. The molecular formula is C24H35ClN4O3. The summed E-state index contributed by atoms with van der Waals surface area (Å²) in [7, 11) is 0. The molecule has 2 aliphatic rings. The maximum absolute atomic E-state index is 13.3. The van der Waals surface area contributed by atoms with Crippen LogP contribution in [0.3, 0.4) is 0 Å². The minimum absolute atomic E-state index is 0.0239. The molecule has 1 aromatic rings. The van der Waals surface area contributed by atoms with Gasteiger partial charge in [0.2, 0.25) is 11.8 Å². The Hall–Kier alpha value is -2.28. The summed E-state index contributed by atoms with van der Waals surface area (Å²) in [6.45, 7) is 6.60. The van der Waals surface area contributed by atoms with Crippen molar-refractivity contribution in [2.24, 2.45) is 11.8 Å². The van der Waals surface area contributed by atoms with Gasteiger partial charge in [-0.15, -0.1) is 0 Å². The Morgan fingerprint density at radius 3 is 2.34 bits per heavy atom. The number of carbonyl (C=O) groups excluding carboxylic acids is 3. The minimum atomic E-state index is -0.516. The summed E-state index contributed by atoms with van der Waals surface area (Å²) in [5, 5.41) is 6.49. The molecule has 1 unspecified atom stereocenters. The number of rotatable bonds is 6. The first-order valence-corrected chi connectivity index (χ1v) is 12.1. The van der Waals surface area contributed by atoms with E-state index in [-0.39, 0.29) is 29.7 Å². The highest BCUT2D eigenvalue weighted by atomic mass is 35.5. The van der Waals surface area contributed by atoms with Gasteiger partial charge in [-0.1, -0.05) is 31.5 Å². The van der Waals surface area contributed by atoms with E-state index in [0.717, 1.165) is 32.4 Å². The zero-order valence-corrected chi connectivity index (χ0v) is 19.9. The van der Waals surface area contributed by atoms with Crippen molar-refractivity contribution in [3.8, 4) is 0 Å². The van der Waals surface area contributed by atoms with Gasteiger partial charge < -0.3 is 20.4 Å². The van der Waals surface area contributed by atoms with Crippen LogP contribution < -0.4 is 10.6 Å². The molecule has 1 aromatic carbocycles. The average molecular weight is 463 g/mol. The SMILES string of the molecule is CC(C)CC(=O)NC(C(=O)N1CCCCC1)C1CCN(C(=O)Nc2cccc(Cl)c2)CC1. The van der Waals surface area contributed by atoms with Gasteiger partial charge in [0, 0.05) is 43.3 Å². The van der Waals surface area contributed by atoms with Crippen molar-refractivity contribution in [2.45, 2.75) is 58.4 Å². The molecule has 176 valence electrons. The van der Waals surface area contributed by atoms with Crippen molar-refractivity contribution in [1.82, 2.24) is 15.1 Å². The summed E-state index contributed by atoms with van der Waals surface area (Å²) in [5.74, 6) is 0.216. The summed E-state index contributed by atoms with van der Waals surface area (Å²) in [6.07, 6.45) is 4.93. The van der Waals surface area contributed by atoms with Crippen LogP contribution in [0.2, 0.25) is 5.02 Å². The fourth-order valence-corrected chi connectivity index (χ4v) is 4.69. The molecule has 2 heterocycles. The third-order valence-corrected chi connectivity index (χ3v) is 6.45. The number of anilines is 1. The van der Waals surface area contributed by atoms with E-state index in [9.17, 15) is 14.4 Å². The molecule has 0 saturated carbocycles. The summed E-state index contributed by atoms with van der Waals surface area (Å²) >= 11 is 6.00. The van der Waals surface area contributed by atoms with Gasteiger partial charge >= 0.3 is 6.03 Å². The van der Waals surface area contributed by atoms with E-state index >= 15 is 0 Å². The molecule has 0 aromatic heterocycles. The smallest absolute Gasteiger partial charge is 0.321 e. The summed E-state index contributed by atoms with van der Waals surface area (Å²) in [4.78, 5) is 42.2. The van der Waals surface area contributed by atoms with Crippen molar-refractivity contribution in [3.05, 3.63) is 29.3 Å². The summed E-state index contributed by atoms with van der Waals surface area (Å²) in [5.41, 5.74) is 0.656. The minimum Gasteiger partial charge on any atom is -0.344 e. The van der Waals surface area contributed by atoms with E-state index in [1.807, 2.05) is 18.7 Å². The predicted molar refractivity (Wildman–Crippen MR) is 127 cm³/mol. The standard InChI is InChI=1S/C24H35ClN4O3/c1-17(2)15-21(30)27-22(23(31)28-11-4-3-5-12-28)18-9-13-29(14-10-18)24(32)26-20-8-6-7-19(25)16-20/h6-8,16-18,22H,3-5,9-15H2,1-2H3,(H,26,32)(H,27,30). The van der Waals surface area contributed by atoms with Crippen molar-refractivity contribution in [3.63, 3.8) is 0 Å². The number of halogens is 1. The number of amides is 4. The zero-order chi connectivity index (χ0) is 23.1. The van der Waals surface area contributed by atoms with Gasteiger partial charge in [0.25, 0.3) is 0 Å². The molecule has 0 aliphatic carbocycles. The lowest BCUT2D eigenvalue weighted by molar-refractivity contribution is -0.139. The van der Waals surface area contributed by atoms with Crippen molar-refractivity contribution in [1.29, 1.82) is 0 Å². The monoisotopic (exact) mass is 462 g/mol. The zero-order valence-electron chi connectivity index (χ0n) is 19.1. The van der Waals surface area contributed by atoms with E-state index in [1.54, 1.807) is 29.2 Å². The lowest BCUT2D eigenvalue weighted by Gasteiger charge is -2.38. The molecule has 2 N–H and O–H groups in total. The van der Waals surface area contributed by atoms with E-state index in [0.29, 0.717) is 43.1 Å². The Morgan fingerprint density at radius 1 is 1.03 bits per heavy atom. The highest BCUT2D eigenvalue weighted by Gasteiger charge is 2.36. The molecule has 2 saturated heterocycles. The lowest BCUT2D eigenvalue weighted by atomic mass is 9.88. The Kier molecular flexibility index (Phi) is 8.79. The Morgan fingerprint density at radius 2 is 1.72 bits per heavy atom. The largest absolute Gasteiger partial charge is 0.344 e. The maximum atomic E-state index is 13.3. The van der Waals surface area contributed by atoms with Gasteiger partial charge in [0.15, 0.2) is 0 Å². The van der Waals surface area contributed by atoms with E-state index in [2.05, 4.69) is 10.6 Å². The molecule has 32 heavy (non-hydrogen) atoms. The van der Waals surface area contributed by atoms with Crippen LogP contribution in [0.25, 0.3) is 0 Å². The second-order valence-corrected chi connectivity index (χ2v) is 9.73. The van der Waals surface area contributed by atoms with E-state index < -0.39 is 6.04 Å². The highest BCUT2D eigenvalue weighted by Crippen LogP contribution is 2.25. The Labute approximate surface area is 195 Å². The molecular weight excluding hydrogens is 428 g/mol. The van der Waals surface area contributed by atoms with Crippen LogP contribution in [-0.4, -0.2) is 59.9 Å². The van der Waals surface area contributed by atoms with Gasteiger partial charge in [-0.05, 0) is 62.1 Å². The first-order valence-electron chi connectivity index (χ1n) is 11.7. The number of hydrogen-bond acceptors (Lipinski definition) is 3. The molecule has 0 radical (unpaired) electrons. The third kappa shape index (κ3) is 6.86. The first-order chi connectivity index (χ1) is 15.3. The van der Waals surface area contributed by atoms with Crippen LogP contribution in [-0.2, 0) is 9.59 Å². The molecule has 4 amide bonds. The maximum Gasteiger partial charge on any atom is 0.321 e. The fourth-order valence-electron chi connectivity index (χ4n) is 4.50. The number of carbonyl (C=O) groups is 3. The van der Waals surface area contributed by atoms with E-state index in [1.165, 1.54) is 0 Å². The topological polar surface area (TPSA) is 81.8 Å².